The molecule has 0 spiro atoms. The summed E-state index contributed by atoms with van der Waals surface area (Å²) in [5.41, 5.74) is 7.42. The van der Waals surface area contributed by atoms with Gasteiger partial charge in [-0.15, -0.1) is 0 Å². The molecule has 0 atom stereocenters. The number of rotatable bonds is 10. The lowest BCUT2D eigenvalue weighted by Gasteiger charge is -2.08. The molecule has 4 N–H and O–H groups in total. The Morgan fingerprint density at radius 3 is 2.22 bits per heavy atom. The van der Waals surface area contributed by atoms with Crippen LogP contribution in [0, 0.1) is 5.82 Å². The van der Waals surface area contributed by atoms with Gasteiger partial charge in [-0.2, -0.15) is 0 Å². The Morgan fingerprint density at radius 2 is 1.56 bits per heavy atom. The van der Waals surface area contributed by atoms with E-state index in [0.717, 1.165) is 31.2 Å². The highest BCUT2D eigenvalue weighted by Crippen LogP contribution is 2.12. The Hall–Kier alpha value is -2.73. The van der Waals surface area contributed by atoms with E-state index in [-0.39, 0.29) is 17.6 Å². The van der Waals surface area contributed by atoms with Gasteiger partial charge in [-0.05, 0) is 61.3 Å². The molecule has 0 aromatic heterocycles. The Bertz CT molecular complexity index is 730. The lowest BCUT2D eigenvalue weighted by atomic mass is 10.1. The van der Waals surface area contributed by atoms with Crippen molar-refractivity contribution in [3.63, 3.8) is 0 Å². The average Bonchev–Trinajstić information content (AvgIpc) is 2.68. The van der Waals surface area contributed by atoms with E-state index in [9.17, 15) is 14.0 Å². The second-order valence-electron chi connectivity index (χ2n) is 6.39. The van der Waals surface area contributed by atoms with Gasteiger partial charge in [0.25, 0.3) is 5.91 Å². The van der Waals surface area contributed by atoms with Crippen LogP contribution in [0.25, 0.3) is 0 Å². The molecule has 144 valence electrons. The highest BCUT2D eigenvalue weighted by atomic mass is 19.1. The van der Waals surface area contributed by atoms with Crippen molar-refractivity contribution in [3.8, 4) is 0 Å². The summed E-state index contributed by atoms with van der Waals surface area (Å²) in [4.78, 5) is 24.1. The predicted molar refractivity (Wildman–Crippen MR) is 105 cm³/mol. The van der Waals surface area contributed by atoms with Crippen LogP contribution in [-0.4, -0.2) is 18.4 Å². The number of carbonyl (C=O) groups excluding carboxylic acids is 2. The van der Waals surface area contributed by atoms with Crippen molar-refractivity contribution in [1.29, 1.82) is 0 Å². The SMILES string of the molecule is NCCCCCCC(=O)Nc1ccc(C(=O)NCc2ccc(F)cc2)cc1. The molecule has 0 bridgehead atoms. The number of nitrogens with one attached hydrogen (secondary N) is 2. The minimum absolute atomic E-state index is 0.0312. The lowest BCUT2D eigenvalue weighted by Crippen LogP contribution is -2.22. The van der Waals surface area contributed by atoms with Crippen LogP contribution >= 0.6 is 0 Å². The summed E-state index contributed by atoms with van der Waals surface area (Å²) in [6.45, 7) is 1.01. The number of nitrogens with two attached hydrogens (primary N) is 1. The molecule has 0 fully saturated rings. The number of benzene rings is 2. The summed E-state index contributed by atoms with van der Waals surface area (Å²) in [7, 11) is 0. The van der Waals surface area contributed by atoms with Gasteiger partial charge in [0.15, 0.2) is 0 Å². The van der Waals surface area contributed by atoms with Crippen LogP contribution in [0.4, 0.5) is 10.1 Å². The monoisotopic (exact) mass is 371 g/mol. The molecular weight excluding hydrogens is 345 g/mol. The van der Waals surface area contributed by atoms with Crippen LogP contribution in [-0.2, 0) is 11.3 Å². The molecule has 0 saturated heterocycles. The number of anilines is 1. The molecule has 5 nitrogen and oxygen atoms in total. The topological polar surface area (TPSA) is 84.2 Å². The van der Waals surface area contributed by atoms with E-state index in [0.29, 0.717) is 30.8 Å². The van der Waals surface area contributed by atoms with E-state index in [2.05, 4.69) is 10.6 Å². The molecule has 2 amide bonds. The summed E-state index contributed by atoms with van der Waals surface area (Å²) in [5.74, 6) is -0.563. The number of hydrogen-bond donors (Lipinski definition) is 3. The van der Waals surface area contributed by atoms with Gasteiger partial charge >= 0.3 is 0 Å². The smallest absolute Gasteiger partial charge is 0.251 e. The molecule has 0 unspecified atom stereocenters. The van der Waals surface area contributed by atoms with Gasteiger partial charge < -0.3 is 16.4 Å². The summed E-state index contributed by atoms with van der Waals surface area (Å²) in [6.07, 6.45) is 4.36. The zero-order chi connectivity index (χ0) is 19.5. The molecule has 0 heterocycles. The fourth-order valence-electron chi connectivity index (χ4n) is 2.60. The van der Waals surface area contributed by atoms with E-state index < -0.39 is 0 Å². The lowest BCUT2D eigenvalue weighted by molar-refractivity contribution is -0.116. The number of halogens is 1. The van der Waals surface area contributed by atoms with Gasteiger partial charge in [0.2, 0.25) is 5.91 Å². The Labute approximate surface area is 159 Å². The Balaban J connectivity index is 1.75. The second kappa shape index (κ2) is 11.1. The number of carbonyl (C=O) groups is 2. The van der Waals surface area contributed by atoms with Crippen molar-refractivity contribution >= 4 is 17.5 Å². The number of unbranched alkanes of at least 4 members (excludes halogenated alkanes) is 3. The molecule has 0 aliphatic heterocycles. The highest BCUT2D eigenvalue weighted by molar-refractivity contribution is 5.95. The highest BCUT2D eigenvalue weighted by Gasteiger charge is 2.07. The van der Waals surface area contributed by atoms with E-state index in [1.165, 1.54) is 12.1 Å². The molecule has 6 heteroatoms. The summed E-state index contributed by atoms with van der Waals surface area (Å²) >= 11 is 0. The molecular formula is C21H26FN3O2. The summed E-state index contributed by atoms with van der Waals surface area (Å²) in [5, 5.41) is 5.61. The Kier molecular flexibility index (Phi) is 8.45. The van der Waals surface area contributed by atoms with Crippen LogP contribution < -0.4 is 16.4 Å². The van der Waals surface area contributed by atoms with E-state index in [4.69, 9.17) is 5.73 Å². The van der Waals surface area contributed by atoms with E-state index >= 15 is 0 Å². The zero-order valence-electron chi connectivity index (χ0n) is 15.3. The van der Waals surface area contributed by atoms with Crippen LogP contribution in [0.3, 0.4) is 0 Å². The normalized spacial score (nSPS) is 10.4. The number of amides is 2. The fraction of sp³-hybridized carbons (Fsp3) is 0.333. The zero-order valence-corrected chi connectivity index (χ0v) is 15.3. The maximum Gasteiger partial charge on any atom is 0.251 e. The Morgan fingerprint density at radius 1 is 0.889 bits per heavy atom. The van der Waals surface area contributed by atoms with Crippen molar-refractivity contribution < 1.29 is 14.0 Å². The predicted octanol–water partition coefficient (Wildman–Crippen LogP) is 3.60. The van der Waals surface area contributed by atoms with Crippen molar-refractivity contribution in [1.82, 2.24) is 5.32 Å². The van der Waals surface area contributed by atoms with Crippen molar-refractivity contribution in [2.75, 3.05) is 11.9 Å². The standard InChI is InChI=1S/C21H26FN3O2/c22-18-10-6-16(7-11-18)15-24-21(27)17-8-12-19(13-9-17)25-20(26)5-3-1-2-4-14-23/h6-13H,1-5,14-15,23H2,(H,24,27)(H,25,26). The molecule has 2 aromatic rings. The quantitative estimate of drug-likeness (QED) is 0.558. The van der Waals surface area contributed by atoms with Crippen LogP contribution in [0.2, 0.25) is 0 Å². The average molecular weight is 371 g/mol. The molecule has 0 aliphatic rings. The third-order valence-corrected chi connectivity index (χ3v) is 4.16. The van der Waals surface area contributed by atoms with Gasteiger partial charge in [-0.1, -0.05) is 25.0 Å². The minimum Gasteiger partial charge on any atom is -0.348 e. The van der Waals surface area contributed by atoms with Gasteiger partial charge in [0.1, 0.15) is 5.82 Å². The molecule has 0 aliphatic carbocycles. The molecule has 2 aromatic carbocycles. The maximum absolute atomic E-state index is 12.9. The van der Waals surface area contributed by atoms with Crippen LogP contribution in [0.1, 0.15) is 48.0 Å². The van der Waals surface area contributed by atoms with Crippen molar-refractivity contribution in [2.24, 2.45) is 5.73 Å². The molecule has 0 radical (unpaired) electrons. The first kappa shape index (κ1) is 20.6. The largest absolute Gasteiger partial charge is 0.348 e. The summed E-state index contributed by atoms with van der Waals surface area (Å²) < 4.78 is 12.9. The third kappa shape index (κ3) is 7.58. The first-order chi connectivity index (χ1) is 13.1. The van der Waals surface area contributed by atoms with Gasteiger partial charge in [-0.25, -0.2) is 4.39 Å². The fourth-order valence-corrected chi connectivity index (χ4v) is 2.60. The van der Waals surface area contributed by atoms with Crippen molar-refractivity contribution in [2.45, 2.75) is 38.6 Å². The van der Waals surface area contributed by atoms with E-state index in [1.807, 2.05) is 0 Å². The van der Waals surface area contributed by atoms with Crippen molar-refractivity contribution in [3.05, 3.63) is 65.5 Å². The second-order valence-corrected chi connectivity index (χ2v) is 6.39. The van der Waals surface area contributed by atoms with E-state index in [1.54, 1.807) is 36.4 Å². The van der Waals surface area contributed by atoms with Gasteiger partial charge in [0.05, 0.1) is 0 Å². The number of hydrogen-bond acceptors (Lipinski definition) is 3. The summed E-state index contributed by atoms with van der Waals surface area (Å²) in [6, 6.07) is 12.7. The third-order valence-electron chi connectivity index (χ3n) is 4.16. The van der Waals surface area contributed by atoms with Gasteiger partial charge in [-0.3, -0.25) is 9.59 Å². The van der Waals surface area contributed by atoms with Gasteiger partial charge in [0, 0.05) is 24.2 Å². The molecule has 2 rings (SSSR count). The first-order valence-corrected chi connectivity index (χ1v) is 9.21. The first-order valence-electron chi connectivity index (χ1n) is 9.21. The molecule has 0 saturated carbocycles. The minimum atomic E-state index is -0.307. The molecule has 27 heavy (non-hydrogen) atoms. The maximum atomic E-state index is 12.9. The van der Waals surface area contributed by atoms with Crippen LogP contribution in [0.15, 0.2) is 48.5 Å². The van der Waals surface area contributed by atoms with Crippen LogP contribution in [0.5, 0.6) is 0 Å².